The van der Waals surface area contributed by atoms with Crippen LogP contribution in [0, 0.1) is 0 Å². The van der Waals surface area contributed by atoms with Gasteiger partial charge in [0.1, 0.15) is 24.9 Å². The number of carbonyl (C=O) groups is 1. The summed E-state index contributed by atoms with van der Waals surface area (Å²) >= 11 is 0. The van der Waals surface area contributed by atoms with E-state index in [-0.39, 0.29) is 12.3 Å². The van der Waals surface area contributed by atoms with Gasteiger partial charge in [-0.05, 0) is 17.7 Å². The molecule has 2 rings (SSSR count). The zero-order chi connectivity index (χ0) is 12.1. The van der Waals surface area contributed by atoms with E-state index in [1.54, 1.807) is 7.11 Å². The number of carbonyl (C=O) groups excluding carboxylic acids is 1. The molecule has 0 aliphatic heterocycles. The minimum absolute atomic E-state index is 0.0978. The van der Waals surface area contributed by atoms with Crippen molar-refractivity contribution in [2.45, 2.75) is 13.0 Å². The van der Waals surface area contributed by atoms with Gasteiger partial charge < -0.3 is 4.74 Å². The molecular formula is C12H13N3O2. The largest absolute Gasteiger partial charge is 0.497 e. The Morgan fingerprint density at radius 2 is 2.12 bits per heavy atom. The predicted molar refractivity (Wildman–Crippen MR) is 61.7 cm³/mol. The highest BCUT2D eigenvalue weighted by atomic mass is 16.5. The summed E-state index contributed by atoms with van der Waals surface area (Å²) in [6, 6.07) is 7.46. The molecule has 88 valence electrons. The van der Waals surface area contributed by atoms with Crippen LogP contribution in [-0.4, -0.2) is 27.7 Å². The third-order valence-corrected chi connectivity index (χ3v) is 2.37. The average molecular weight is 231 g/mol. The minimum atomic E-state index is 0.0978. The third-order valence-electron chi connectivity index (χ3n) is 2.37. The molecule has 0 aliphatic carbocycles. The second-order valence-corrected chi connectivity index (χ2v) is 3.66. The van der Waals surface area contributed by atoms with Gasteiger partial charge in [-0.25, -0.2) is 9.67 Å². The number of hydrogen-bond donors (Lipinski definition) is 0. The van der Waals surface area contributed by atoms with Gasteiger partial charge in [-0.1, -0.05) is 12.1 Å². The van der Waals surface area contributed by atoms with Crippen LogP contribution in [0.15, 0.2) is 36.9 Å². The molecule has 0 saturated carbocycles. The molecule has 0 fully saturated rings. The fourth-order valence-electron chi connectivity index (χ4n) is 1.52. The lowest BCUT2D eigenvalue weighted by Crippen LogP contribution is -2.12. The summed E-state index contributed by atoms with van der Waals surface area (Å²) in [5, 5.41) is 3.89. The molecule has 2 aromatic rings. The molecule has 0 atom stereocenters. The van der Waals surface area contributed by atoms with E-state index < -0.39 is 0 Å². The molecule has 17 heavy (non-hydrogen) atoms. The molecular weight excluding hydrogens is 218 g/mol. The van der Waals surface area contributed by atoms with Gasteiger partial charge in [0.15, 0.2) is 5.78 Å². The molecule has 0 aliphatic rings. The van der Waals surface area contributed by atoms with E-state index >= 15 is 0 Å². The van der Waals surface area contributed by atoms with Crippen LogP contribution in [0.5, 0.6) is 5.75 Å². The monoisotopic (exact) mass is 231 g/mol. The number of methoxy groups -OCH3 is 1. The van der Waals surface area contributed by atoms with E-state index in [4.69, 9.17) is 4.74 Å². The van der Waals surface area contributed by atoms with E-state index in [0.717, 1.165) is 11.3 Å². The number of nitrogens with zero attached hydrogens (tertiary/aromatic N) is 3. The number of hydrogen-bond acceptors (Lipinski definition) is 4. The molecule has 0 saturated heterocycles. The van der Waals surface area contributed by atoms with Gasteiger partial charge in [-0.2, -0.15) is 5.10 Å². The topological polar surface area (TPSA) is 57.0 Å². The quantitative estimate of drug-likeness (QED) is 0.773. The number of aromatic nitrogens is 3. The van der Waals surface area contributed by atoms with Gasteiger partial charge in [0, 0.05) is 6.42 Å². The van der Waals surface area contributed by atoms with Gasteiger partial charge in [-0.15, -0.1) is 0 Å². The maximum atomic E-state index is 11.7. The highest BCUT2D eigenvalue weighted by molar-refractivity contribution is 5.80. The summed E-state index contributed by atoms with van der Waals surface area (Å²) < 4.78 is 6.57. The van der Waals surface area contributed by atoms with Crippen LogP contribution in [0.2, 0.25) is 0 Å². The van der Waals surface area contributed by atoms with Crippen molar-refractivity contribution in [3.63, 3.8) is 0 Å². The Morgan fingerprint density at radius 1 is 1.35 bits per heavy atom. The summed E-state index contributed by atoms with van der Waals surface area (Å²) in [5.41, 5.74) is 0.968. The molecule has 1 aromatic carbocycles. The summed E-state index contributed by atoms with van der Waals surface area (Å²) in [6.07, 6.45) is 3.34. The Bertz CT molecular complexity index is 477. The molecule has 5 nitrogen and oxygen atoms in total. The molecule has 1 aromatic heterocycles. The predicted octanol–water partition coefficient (Wildman–Crippen LogP) is 1.10. The Morgan fingerprint density at radius 3 is 2.71 bits per heavy atom. The lowest BCUT2D eigenvalue weighted by atomic mass is 10.1. The van der Waals surface area contributed by atoms with Crippen LogP contribution in [0.25, 0.3) is 0 Å². The SMILES string of the molecule is COc1ccc(CC(=O)Cn2cncn2)cc1. The summed E-state index contributed by atoms with van der Waals surface area (Å²) in [7, 11) is 1.62. The van der Waals surface area contributed by atoms with Crippen LogP contribution in [-0.2, 0) is 17.8 Å². The first-order valence-corrected chi connectivity index (χ1v) is 5.25. The molecule has 1 heterocycles. The third kappa shape index (κ3) is 3.14. The van der Waals surface area contributed by atoms with Crippen LogP contribution >= 0.6 is 0 Å². The van der Waals surface area contributed by atoms with Crippen molar-refractivity contribution in [3.05, 3.63) is 42.5 Å². The lowest BCUT2D eigenvalue weighted by molar-refractivity contribution is -0.119. The van der Waals surface area contributed by atoms with Crippen molar-refractivity contribution in [1.29, 1.82) is 0 Å². The fraction of sp³-hybridized carbons (Fsp3) is 0.250. The molecule has 0 spiro atoms. The minimum Gasteiger partial charge on any atom is -0.497 e. The lowest BCUT2D eigenvalue weighted by Gasteiger charge is -2.03. The van der Waals surface area contributed by atoms with Crippen LogP contribution in [0.1, 0.15) is 5.56 Å². The molecule has 5 heteroatoms. The first-order chi connectivity index (χ1) is 8.28. The van der Waals surface area contributed by atoms with E-state index in [2.05, 4.69) is 10.1 Å². The normalized spacial score (nSPS) is 10.2. The molecule has 0 unspecified atom stereocenters. The number of rotatable bonds is 5. The van der Waals surface area contributed by atoms with Gasteiger partial charge in [-0.3, -0.25) is 4.79 Å². The molecule has 0 radical (unpaired) electrons. The Labute approximate surface area is 99.1 Å². The average Bonchev–Trinajstić information content (AvgIpc) is 2.82. The Kier molecular flexibility index (Phi) is 3.49. The second-order valence-electron chi connectivity index (χ2n) is 3.66. The van der Waals surface area contributed by atoms with E-state index in [0.29, 0.717) is 6.42 Å². The van der Waals surface area contributed by atoms with Gasteiger partial charge in [0.2, 0.25) is 0 Å². The summed E-state index contributed by atoms with van der Waals surface area (Å²) in [4.78, 5) is 15.5. The summed E-state index contributed by atoms with van der Waals surface area (Å²) in [5.74, 6) is 0.887. The van der Waals surface area contributed by atoms with Gasteiger partial charge >= 0.3 is 0 Å². The number of Topliss-reactive ketones (excluding diaryl/α,β-unsaturated/α-hetero) is 1. The zero-order valence-corrected chi connectivity index (χ0v) is 9.54. The Balaban J connectivity index is 1.93. The Hall–Kier alpha value is -2.17. The van der Waals surface area contributed by atoms with Crippen molar-refractivity contribution in [3.8, 4) is 5.75 Å². The fourth-order valence-corrected chi connectivity index (χ4v) is 1.52. The first-order valence-electron chi connectivity index (χ1n) is 5.25. The van der Waals surface area contributed by atoms with Crippen LogP contribution < -0.4 is 4.74 Å². The molecule has 0 bridgehead atoms. The number of ether oxygens (including phenoxy) is 1. The highest BCUT2D eigenvalue weighted by Crippen LogP contribution is 2.11. The number of ketones is 1. The maximum absolute atomic E-state index is 11.7. The standard InChI is InChI=1S/C12H13N3O2/c1-17-12-4-2-10(3-5-12)6-11(16)7-15-9-13-8-14-15/h2-5,8-9H,6-7H2,1H3. The molecule has 0 N–H and O–H groups in total. The molecule has 0 amide bonds. The first kappa shape index (κ1) is 11.3. The van der Waals surface area contributed by atoms with Crippen molar-refractivity contribution >= 4 is 5.78 Å². The maximum Gasteiger partial charge on any atom is 0.158 e. The van der Waals surface area contributed by atoms with E-state index in [1.165, 1.54) is 17.3 Å². The van der Waals surface area contributed by atoms with Crippen molar-refractivity contribution in [1.82, 2.24) is 14.8 Å². The van der Waals surface area contributed by atoms with E-state index in [9.17, 15) is 4.79 Å². The second kappa shape index (κ2) is 5.25. The number of benzene rings is 1. The van der Waals surface area contributed by atoms with Crippen LogP contribution in [0.4, 0.5) is 0 Å². The smallest absolute Gasteiger partial charge is 0.158 e. The van der Waals surface area contributed by atoms with Crippen molar-refractivity contribution in [2.24, 2.45) is 0 Å². The van der Waals surface area contributed by atoms with Gasteiger partial charge in [0.05, 0.1) is 7.11 Å². The van der Waals surface area contributed by atoms with Crippen molar-refractivity contribution < 1.29 is 9.53 Å². The zero-order valence-electron chi connectivity index (χ0n) is 9.54. The summed E-state index contributed by atoms with van der Waals surface area (Å²) in [6.45, 7) is 0.256. The van der Waals surface area contributed by atoms with Gasteiger partial charge in [0.25, 0.3) is 0 Å². The highest BCUT2D eigenvalue weighted by Gasteiger charge is 2.05. The van der Waals surface area contributed by atoms with Crippen molar-refractivity contribution in [2.75, 3.05) is 7.11 Å². The van der Waals surface area contributed by atoms with Crippen LogP contribution in [0.3, 0.4) is 0 Å². The van der Waals surface area contributed by atoms with E-state index in [1.807, 2.05) is 24.3 Å².